The molecule has 3 aromatic heterocycles. The fraction of sp³-hybridized carbons (Fsp3) is 0.580. The van der Waals surface area contributed by atoms with E-state index in [-0.39, 0.29) is 37.0 Å². The first-order chi connectivity index (χ1) is 32.4. The molecule has 68 heavy (non-hydrogen) atoms. The standard InChI is InChI=1S/C50H70N10O7S/c1-11-59-40-17-16-33-26-35(40)36(45(59)34-14-12-19-51-43(34)32(4)66-10)28-50(5,6)30-67-48(64)37-15-13-20-60(54-37)47(63)38(27-41-52-39(33)29-68-41)53-46(62)44(31(2)3)56(9)49(65)58-24-22-57(23-25-58)42(61)18-21-55(7)8/h12,14,16-17,19,26,29,31-32,37-38,44,54H,11,13,15,18,20-25,27-28,30H2,1-10H3,(H,53,62)/t32-,37-,38-,44-/m0/s1. The number of carbonyl (C=O) groups excluding carboxylic acids is 5. The molecule has 0 unspecified atom stereocenters. The number of esters is 1. The molecular weight excluding hydrogens is 885 g/mol. The van der Waals surface area contributed by atoms with E-state index in [1.54, 1.807) is 30.2 Å². The first-order valence-electron chi connectivity index (χ1n) is 24.0. The van der Waals surface area contributed by atoms with Crippen LogP contribution in [0.1, 0.15) is 83.2 Å². The van der Waals surface area contributed by atoms with E-state index in [1.807, 2.05) is 51.2 Å². The average molecular weight is 955 g/mol. The number of likely N-dealkylation sites (N-methyl/N-ethyl adjacent to an activating group) is 1. The summed E-state index contributed by atoms with van der Waals surface area (Å²) >= 11 is 1.41. The molecule has 17 nitrogen and oxygen atoms in total. The van der Waals surface area contributed by atoms with Gasteiger partial charge in [-0.25, -0.2) is 15.2 Å². The molecule has 1 aromatic carbocycles. The van der Waals surface area contributed by atoms with Gasteiger partial charge in [0.2, 0.25) is 11.8 Å². The van der Waals surface area contributed by atoms with Crippen molar-refractivity contribution >= 4 is 52.0 Å². The van der Waals surface area contributed by atoms with Crippen molar-refractivity contribution in [3.05, 3.63) is 58.2 Å². The number of rotatable bonds is 11. The van der Waals surface area contributed by atoms with Gasteiger partial charge in [0.05, 0.1) is 34.8 Å². The lowest BCUT2D eigenvalue weighted by Gasteiger charge is -2.40. The van der Waals surface area contributed by atoms with Crippen LogP contribution in [0.2, 0.25) is 0 Å². The number of aryl methyl sites for hydroxylation is 1. The quantitative estimate of drug-likeness (QED) is 0.185. The molecule has 0 radical (unpaired) electrons. The van der Waals surface area contributed by atoms with E-state index in [0.717, 1.165) is 44.7 Å². The van der Waals surface area contributed by atoms with Crippen LogP contribution in [0, 0.1) is 11.3 Å². The molecule has 3 aliphatic rings. The molecule has 4 atom stereocenters. The van der Waals surface area contributed by atoms with Crippen LogP contribution in [0.15, 0.2) is 41.9 Å². The summed E-state index contributed by atoms with van der Waals surface area (Å²) in [4.78, 5) is 86.7. The molecule has 368 valence electrons. The number of piperazine rings is 1. The van der Waals surface area contributed by atoms with Crippen LogP contribution in [-0.4, -0.2) is 161 Å². The van der Waals surface area contributed by atoms with Gasteiger partial charge in [0, 0.05) is 112 Å². The van der Waals surface area contributed by atoms with Crippen molar-refractivity contribution in [2.24, 2.45) is 11.3 Å². The van der Waals surface area contributed by atoms with Gasteiger partial charge in [-0.15, -0.1) is 11.3 Å². The van der Waals surface area contributed by atoms with Gasteiger partial charge in [-0.05, 0) is 83.0 Å². The number of methoxy groups -OCH3 is 1. The molecule has 7 rings (SSSR count). The molecule has 3 aliphatic heterocycles. The molecule has 2 saturated heterocycles. The number of hydrazine groups is 1. The summed E-state index contributed by atoms with van der Waals surface area (Å²) in [7, 11) is 7.15. The van der Waals surface area contributed by atoms with Crippen LogP contribution >= 0.6 is 11.3 Å². The van der Waals surface area contributed by atoms with E-state index < -0.39 is 41.3 Å². The number of thiazole rings is 1. The maximum absolute atomic E-state index is 14.7. The monoisotopic (exact) mass is 955 g/mol. The van der Waals surface area contributed by atoms with Crippen LogP contribution in [-0.2, 0) is 48.0 Å². The zero-order valence-corrected chi connectivity index (χ0v) is 42.3. The lowest BCUT2D eigenvalue weighted by Crippen LogP contribution is -2.63. The molecule has 0 spiro atoms. The fourth-order valence-corrected chi connectivity index (χ4v) is 10.6. The van der Waals surface area contributed by atoms with Crippen molar-refractivity contribution in [2.75, 3.05) is 74.1 Å². The van der Waals surface area contributed by atoms with Gasteiger partial charge in [-0.3, -0.25) is 29.2 Å². The predicted molar refractivity (Wildman–Crippen MR) is 262 cm³/mol. The number of pyridine rings is 1. The maximum Gasteiger partial charge on any atom is 0.324 e. The predicted octanol–water partition coefficient (Wildman–Crippen LogP) is 5.37. The Kier molecular flexibility index (Phi) is 15.9. The SMILES string of the molecule is CCn1c(-c2cccnc2[C@H](C)OC)c2c3cc(ccc31)-c1csc(n1)C[C@H](NC(=O)[C@H](C(C)C)N(C)C(=O)N1CCN(C(=O)CCN(C)C)CC1)C(=O)N1CCC[C@H](N1)C(=O)OCC(C)(C)C2. The van der Waals surface area contributed by atoms with E-state index in [9.17, 15) is 24.0 Å². The Morgan fingerprint density at radius 1 is 1.04 bits per heavy atom. The number of nitrogens with one attached hydrogen (secondary N) is 2. The lowest BCUT2D eigenvalue weighted by atomic mass is 9.84. The van der Waals surface area contributed by atoms with Crippen molar-refractivity contribution in [1.29, 1.82) is 0 Å². The summed E-state index contributed by atoms with van der Waals surface area (Å²) < 4.78 is 14.3. The molecule has 4 aromatic rings. The first kappa shape index (κ1) is 50.4. The minimum Gasteiger partial charge on any atom is -0.464 e. The van der Waals surface area contributed by atoms with E-state index in [0.29, 0.717) is 76.5 Å². The van der Waals surface area contributed by atoms with Crippen molar-refractivity contribution in [1.82, 2.24) is 49.9 Å². The van der Waals surface area contributed by atoms with E-state index in [4.69, 9.17) is 19.4 Å². The topological polar surface area (TPSA) is 175 Å². The molecule has 18 heteroatoms. The number of nitrogens with zero attached hydrogens (tertiary/aromatic N) is 8. The summed E-state index contributed by atoms with van der Waals surface area (Å²) in [6.07, 6.45) is 3.60. The zero-order valence-electron chi connectivity index (χ0n) is 41.5. The van der Waals surface area contributed by atoms with E-state index >= 15 is 0 Å². The summed E-state index contributed by atoms with van der Waals surface area (Å²) in [5.74, 6) is -1.62. The number of carbonyl (C=O) groups is 5. The molecule has 0 aliphatic carbocycles. The zero-order chi connectivity index (χ0) is 49.0. The minimum absolute atomic E-state index is 0.0511. The average Bonchev–Trinajstić information content (AvgIpc) is 3.92. The van der Waals surface area contributed by atoms with Gasteiger partial charge < -0.3 is 39.0 Å². The number of aromatic nitrogens is 3. The highest BCUT2D eigenvalue weighted by molar-refractivity contribution is 7.10. The summed E-state index contributed by atoms with van der Waals surface area (Å²) in [5.41, 5.74) is 9.28. The van der Waals surface area contributed by atoms with Crippen molar-refractivity contribution in [3.63, 3.8) is 0 Å². The smallest absolute Gasteiger partial charge is 0.324 e. The van der Waals surface area contributed by atoms with Crippen LogP contribution < -0.4 is 10.7 Å². The Labute approximate surface area is 404 Å². The second-order valence-corrected chi connectivity index (χ2v) is 20.7. The third-order valence-corrected chi connectivity index (χ3v) is 14.3. The number of urea groups is 1. The molecule has 5 amide bonds. The van der Waals surface area contributed by atoms with Gasteiger partial charge in [-0.1, -0.05) is 33.8 Å². The number of cyclic esters (lactones) is 1. The Morgan fingerprint density at radius 2 is 1.78 bits per heavy atom. The van der Waals surface area contributed by atoms with Crippen molar-refractivity contribution < 1.29 is 33.4 Å². The highest BCUT2D eigenvalue weighted by Crippen LogP contribution is 2.42. The number of hydrogen-bond donors (Lipinski definition) is 2. The third kappa shape index (κ3) is 11.0. The Hall–Kier alpha value is -5.43. The number of fused-ring (bicyclic) bond motifs is 6. The molecule has 0 saturated carbocycles. The largest absolute Gasteiger partial charge is 0.464 e. The molecule has 2 N–H and O–H groups in total. The van der Waals surface area contributed by atoms with Crippen LogP contribution in [0.5, 0.6) is 0 Å². The summed E-state index contributed by atoms with van der Waals surface area (Å²) in [6, 6.07) is 7.31. The summed E-state index contributed by atoms with van der Waals surface area (Å²) in [5, 5.41) is 8.13. The highest BCUT2D eigenvalue weighted by atomic mass is 32.1. The van der Waals surface area contributed by atoms with E-state index in [2.05, 4.69) is 60.3 Å². The van der Waals surface area contributed by atoms with Crippen LogP contribution in [0.3, 0.4) is 0 Å². The Bertz CT molecular complexity index is 2480. The number of benzene rings is 1. The number of ether oxygens (including phenoxy) is 2. The number of hydrogen-bond acceptors (Lipinski definition) is 12. The molecule has 6 heterocycles. The minimum atomic E-state index is -1.08. The number of amides is 5. The van der Waals surface area contributed by atoms with Crippen LogP contribution in [0.4, 0.5) is 4.79 Å². The normalized spacial score (nSPS) is 20.0. The van der Waals surface area contributed by atoms with Gasteiger partial charge in [0.25, 0.3) is 5.91 Å². The second kappa shape index (κ2) is 21.5. The lowest BCUT2D eigenvalue weighted by molar-refractivity contribution is -0.155. The molecule has 2 fully saturated rings. The van der Waals surface area contributed by atoms with Crippen molar-refractivity contribution in [3.8, 4) is 22.5 Å². The van der Waals surface area contributed by atoms with Gasteiger partial charge in [0.1, 0.15) is 18.1 Å². The van der Waals surface area contributed by atoms with E-state index in [1.165, 1.54) is 21.2 Å². The van der Waals surface area contributed by atoms with Gasteiger partial charge >= 0.3 is 12.0 Å². The third-order valence-electron chi connectivity index (χ3n) is 13.4. The highest BCUT2D eigenvalue weighted by Gasteiger charge is 2.39. The molecule has 6 bridgehead atoms. The van der Waals surface area contributed by atoms with Gasteiger partial charge in [0.15, 0.2) is 0 Å². The van der Waals surface area contributed by atoms with Gasteiger partial charge in [-0.2, -0.15) is 0 Å². The van der Waals surface area contributed by atoms with Crippen molar-refractivity contribution in [2.45, 2.75) is 104 Å². The Morgan fingerprint density at radius 3 is 2.47 bits per heavy atom. The Balaban J connectivity index is 1.21. The first-order valence-corrected chi connectivity index (χ1v) is 24.9. The second-order valence-electron chi connectivity index (χ2n) is 19.8. The van der Waals surface area contributed by atoms with Crippen LogP contribution in [0.25, 0.3) is 33.4 Å². The molecular formula is C50H70N10O7S. The fourth-order valence-electron chi connectivity index (χ4n) is 9.71. The maximum atomic E-state index is 14.7. The summed E-state index contributed by atoms with van der Waals surface area (Å²) in [6.45, 7) is 15.4.